The average molecular weight is 316 g/mol. The lowest BCUT2D eigenvalue weighted by Crippen LogP contribution is -2.28. The Kier molecular flexibility index (Phi) is 4.30. The van der Waals surface area contributed by atoms with Gasteiger partial charge in [-0.25, -0.2) is 0 Å². The molecule has 0 saturated carbocycles. The number of carbonyl (C=O) groups excluding carboxylic acids is 1. The zero-order chi connectivity index (χ0) is 15.4. The number of carbonyl (C=O) groups is 1. The minimum Gasteiger partial charge on any atom is -0.484 e. The van der Waals surface area contributed by atoms with Gasteiger partial charge in [0.25, 0.3) is 5.91 Å². The highest BCUT2D eigenvalue weighted by Gasteiger charge is 2.06. The van der Waals surface area contributed by atoms with Crippen LogP contribution >= 0.6 is 11.6 Å². The highest BCUT2D eigenvalue weighted by atomic mass is 35.5. The normalized spacial score (nSPS) is 10.6. The van der Waals surface area contributed by atoms with Crippen LogP contribution in [0.4, 0.5) is 0 Å². The predicted octanol–water partition coefficient (Wildman–Crippen LogP) is 3.78. The quantitative estimate of drug-likeness (QED) is 0.779. The van der Waals surface area contributed by atoms with Crippen LogP contribution in [0.2, 0.25) is 5.02 Å². The fourth-order valence-electron chi connectivity index (χ4n) is 2.04. The maximum Gasteiger partial charge on any atom is 0.258 e. The molecule has 0 saturated heterocycles. The molecule has 1 heterocycles. The summed E-state index contributed by atoms with van der Waals surface area (Å²) in [7, 11) is 0. The standard InChI is InChI=1S/C17H14ClNO3/c18-13-5-7-14(8-6-13)21-11-17(20)19-10-15-9-12-3-1-2-4-16(12)22-15/h1-9H,10-11H2,(H,19,20). The molecule has 1 amide bonds. The summed E-state index contributed by atoms with van der Waals surface area (Å²) in [6.07, 6.45) is 0. The molecular weight excluding hydrogens is 302 g/mol. The molecule has 3 rings (SSSR count). The van der Waals surface area contributed by atoms with Crippen LogP contribution in [-0.4, -0.2) is 12.5 Å². The number of ether oxygens (including phenoxy) is 1. The molecule has 1 N–H and O–H groups in total. The Hall–Kier alpha value is -2.46. The number of para-hydroxylation sites is 1. The number of benzene rings is 2. The molecule has 0 bridgehead atoms. The number of fused-ring (bicyclic) bond motifs is 1. The monoisotopic (exact) mass is 315 g/mol. The molecule has 0 aliphatic heterocycles. The highest BCUT2D eigenvalue weighted by molar-refractivity contribution is 6.30. The molecule has 0 atom stereocenters. The molecule has 3 aromatic rings. The Morgan fingerprint density at radius 1 is 1.14 bits per heavy atom. The molecule has 1 aromatic heterocycles. The van der Waals surface area contributed by atoms with Gasteiger partial charge in [0.15, 0.2) is 6.61 Å². The number of rotatable bonds is 5. The minimum atomic E-state index is -0.213. The summed E-state index contributed by atoms with van der Waals surface area (Å²) in [5.41, 5.74) is 0.809. The van der Waals surface area contributed by atoms with Crippen LogP contribution in [0.15, 0.2) is 59.0 Å². The van der Waals surface area contributed by atoms with Crippen LogP contribution in [0.5, 0.6) is 5.75 Å². The van der Waals surface area contributed by atoms with Gasteiger partial charge in [-0.3, -0.25) is 4.79 Å². The largest absolute Gasteiger partial charge is 0.484 e. The molecular formula is C17H14ClNO3. The Labute approximate surface area is 132 Å². The van der Waals surface area contributed by atoms with Gasteiger partial charge >= 0.3 is 0 Å². The van der Waals surface area contributed by atoms with Crippen LogP contribution in [0, 0.1) is 0 Å². The summed E-state index contributed by atoms with van der Waals surface area (Å²) in [6, 6.07) is 16.5. The van der Waals surface area contributed by atoms with Gasteiger partial charge in [-0.15, -0.1) is 0 Å². The fourth-order valence-corrected chi connectivity index (χ4v) is 2.17. The van der Waals surface area contributed by atoms with Gasteiger partial charge in [0.05, 0.1) is 6.54 Å². The summed E-state index contributed by atoms with van der Waals surface area (Å²) in [5.74, 6) is 1.10. The van der Waals surface area contributed by atoms with Crippen molar-refractivity contribution in [1.82, 2.24) is 5.32 Å². The van der Waals surface area contributed by atoms with E-state index in [1.165, 1.54) is 0 Å². The molecule has 0 unspecified atom stereocenters. The minimum absolute atomic E-state index is 0.0537. The molecule has 4 nitrogen and oxygen atoms in total. The van der Waals surface area contributed by atoms with Crippen molar-refractivity contribution in [3.63, 3.8) is 0 Å². The van der Waals surface area contributed by atoms with Gasteiger partial charge in [0, 0.05) is 10.4 Å². The lowest BCUT2D eigenvalue weighted by atomic mass is 10.2. The van der Waals surface area contributed by atoms with Crippen LogP contribution < -0.4 is 10.1 Å². The zero-order valence-corrected chi connectivity index (χ0v) is 12.5. The van der Waals surface area contributed by atoms with E-state index in [0.29, 0.717) is 23.1 Å². The van der Waals surface area contributed by atoms with Gasteiger partial charge in [-0.1, -0.05) is 29.8 Å². The van der Waals surface area contributed by atoms with E-state index >= 15 is 0 Å². The molecule has 112 valence electrons. The summed E-state index contributed by atoms with van der Waals surface area (Å²) in [6.45, 7) is 0.277. The lowest BCUT2D eigenvalue weighted by Gasteiger charge is -2.06. The lowest BCUT2D eigenvalue weighted by molar-refractivity contribution is -0.123. The number of furan rings is 1. The Bertz CT molecular complexity index is 747. The van der Waals surface area contributed by atoms with Crippen molar-refractivity contribution in [2.45, 2.75) is 6.54 Å². The molecule has 22 heavy (non-hydrogen) atoms. The molecule has 0 aliphatic carbocycles. The first-order valence-electron chi connectivity index (χ1n) is 6.83. The molecule has 0 radical (unpaired) electrons. The summed E-state index contributed by atoms with van der Waals surface area (Å²) in [5, 5.41) is 4.40. The Morgan fingerprint density at radius 3 is 2.68 bits per heavy atom. The van der Waals surface area contributed by atoms with E-state index in [4.69, 9.17) is 20.8 Å². The van der Waals surface area contributed by atoms with Crippen molar-refractivity contribution in [3.05, 3.63) is 65.4 Å². The number of halogens is 1. The van der Waals surface area contributed by atoms with Crippen LogP contribution in [0.25, 0.3) is 11.0 Å². The third kappa shape index (κ3) is 3.59. The van der Waals surface area contributed by atoms with E-state index in [9.17, 15) is 4.79 Å². The zero-order valence-electron chi connectivity index (χ0n) is 11.7. The van der Waals surface area contributed by atoms with Crippen molar-refractivity contribution < 1.29 is 13.9 Å². The van der Waals surface area contributed by atoms with Crippen molar-refractivity contribution >= 4 is 28.5 Å². The van der Waals surface area contributed by atoms with Gasteiger partial charge < -0.3 is 14.5 Å². The van der Waals surface area contributed by atoms with Crippen molar-refractivity contribution in [2.75, 3.05) is 6.61 Å². The number of hydrogen-bond donors (Lipinski definition) is 1. The molecule has 0 aliphatic rings. The fraction of sp³-hybridized carbons (Fsp3) is 0.118. The van der Waals surface area contributed by atoms with Crippen LogP contribution in [0.1, 0.15) is 5.76 Å². The summed E-state index contributed by atoms with van der Waals surface area (Å²) < 4.78 is 11.0. The van der Waals surface area contributed by atoms with E-state index in [2.05, 4.69) is 5.32 Å². The van der Waals surface area contributed by atoms with Crippen LogP contribution in [-0.2, 0) is 11.3 Å². The molecule has 0 fully saturated rings. The Balaban J connectivity index is 1.50. The van der Waals surface area contributed by atoms with Crippen LogP contribution in [0.3, 0.4) is 0 Å². The maximum atomic E-state index is 11.8. The van der Waals surface area contributed by atoms with E-state index in [1.54, 1.807) is 24.3 Å². The van der Waals surface area contributed by atoms with E-state index in [-0.39, 0.29) is 12.5 Å². The van der Waals surface area contributed by atoms with Gasteiger partial charge in [0.1, 0.15) is 17.1 Å². The SMILES string of the molecule is O=C(COc1ccc(Cl)cc1)NCc1cc2ccccc2o1. The predicted molar refractivity (Wildman–Crippen MR) is 85.0 cm³/mol. The average Bonchev–Trinajstić information content (AvgIpc) is 2.95. The maximum absolute atomic E-state index is 11.8. The third-order valence-corrected chi connectivity index (χ3v) is 3.37. The number of amides is 1. The Morgan fingerprint density at radius 2 is 1.91 bits per heavy atom. The van der Waals surface area contributed by atoms with Crippen molar-refractivity contribution in [3.8, 4) is 5.75 Å². The van der Waals surface area contributed by atoms with Gasteiger partial charge in [-0.05, 0) is 36.4 Å². The highest BCUT2D eigenvalue weighted by Crippen LogP contribution is 2.18. The van der Waals surface area contributed by atoms with Crippen molar-refractivity contribution in [2.24, 2.45) is 0 Å². The van der Waals surface area contributed by atoms with Gasteiger partial charge in [-0.2, -0.15) is 0 Å². The first-order valence-corrected chi connectivity index (χ1v) is 7.21. The molecule has 0 spiro atoms. The van der Waals surface area contributed by atoms with Crippen molar-refractivity contribution in [1.29, 1.82) is 0 Å². The second-order valence-corrected chi connectivity index (χ2v) is 5.21. The molecule has 2 aromatic carbocycles. The third-order valence-electron chi connectivity index (χ3n) is 3.12. The summed E-state index contributed by atoms with van der Waals surface area (Å²) in [4.78, 5) is 11.8. The smallest absolute Gasteiger partial charge is 0.258 e. The van der Waals surface area contributed by atoms with E-state index in [1.807, 2.05) is 30.3 Å². The first-order chi connectivity index (χ1) is 10.7. The molecule has 5 heteroatoms. The van der Waals surface area contributed by atoms with E-state index < -0.39 is 0 Å². The second kappa shape index (κ2) is 6.54. The van der Waals surface area contributed by atoms with E-state index in [0.717, 1.165) is 11.0 Å². The second-order valence-electron chi connectivity index (χ2n) is 4.77. The number of hydrogen-bond acceptors (Lipinski definition) is 3. The topological polar surface area (TPSA) is 51.5 Å². The first kappa shape index (κ1) is 14.5. The van der Waals surface area contributed by atoms with Gasteiger partial charge in [0.2, 0.25) is 0 Å². The summed E-state index contributed by atoms with van der Waals surface area (Å²) >= 11 is 5.78. The number of nitrogens with one attached hydrogen (secondary N) is 1.